The average Bonchev–Trinajstić information content (AvgIpc) is 2.62. The van der Waals surface area contributed by atoms with E-state index >= 15 is 0 Å². The average molecular weight is 360 g/mol. The quantitative estimate of drug-likeness (QED) is 0.763. The van der Waals surface area contributed by atoms with Gasteiger partial charge in [0.1, 0.15) is 0 Å². The lowest BCUT2D eigenvalue weighted by Gasteiger charge is -2.33. The van der Waals surface area contributed by atoms with Crippen molar-refractivity contribution >= 4 is 23.4 Å². The lowest BCUT2D eigenvalue weighted by molar-refractivity contribution is -0.144. The third-order valence-electron chi connectivity index (χ3n) is 4.33. The summed E-state index contributed by atoms with van der Waals surface area (Å²) < 4.78 is 0. The zero-order valence-electron chi connectivity index (χ0n) is 15.7. The number of hydrogen-bond acceptors (Lipinski definition) is 4. The number of piperazine rings is 1. The Balaban J connectivity index is 1.85. The molecule has 0 atom stereocenters. The second-order valence-electron chi connectivity index (χ2n) is 6.78. The van der Waals surface area contributed by atoms with Gasteiger partial charge in [-0.25, -0.2) is 0 Å². The molecule has 0 aliphatic carbocycles. The van der Waals surface area contributed by atoms with Gasteiger partial charge in [0.15, 0.2) is 0 Å². The fourth-order valence-electron chi connectivity index (χ4n) is 2.86. The van der Waals surface area contributed by atoms with Crippen molar-refractivity contribution in [3.8, 4) is 0 Å². The molecule has 1 aliphatic heterocycles. The van der Waals surface area contributed by atoms with Crippen molar-refractivity contribution in [2.45, 2.75) is 33.2 Å². The molecule has 7 nitrogen and oxygen atoms in total. The number of carbonyl (C=O) groups is 3. The number of carbonyl (C=O) groups excluding carboxylic acids is 3. The van der Waals surface area contributed by atoms with E-state index in [2.05, 4.69) is 22.5 Å². The van der Waals surface area contributed by atoms with Gasteiger partial charge >= 0.3 is 11.8 Å². The number of anilines is 1. The van der Waals surface area contributed by atoms with Crippen LogP contribution in [0.5, 0.6) is 0 Å². The number of nitrogens with one attached hydrogen (secondary N) is 2. The highest BCUT2D eigenvalue weighted by molar-refractivity contribution is 6.39. The normalized spacial score (nSPS) is 15.0. The van der Waals surface area contributed by atoms with E-state index < -0.39 is 11.8 Å². The number of amides is 3. The third-order valence-corrected chi connectivity index (χ3v) is 4.33. The van der Waals surface area contributed by atoms with E-state index in [1.165, 1.54) is 0 Å². The Morgan fingerprint density at radius 1 is 1.04 bits per heavy atom. The standard InChI is InChI=1S/C19H28N4O3/c1-4-22-9-11-23(12-10-22)19(26)18(25)21-16-7-5-15(6-8-16)13-17(24)20-14(2)3/h5-8,14H,4,9-13H2,1-3H3,(H,20,24)(H,21,25). The maximum atomic E-state index is 12.3. The molecule has 2 N–H and O–H groups in total. The lowest BCUT2D eigenvalue weighted by Crippen LogP contribution is -2.51. The molecule has 1 fully saturated rings. The number of benzene rings is 1. The van der Waals surface area contributed by atoms with Gasteiger partial charge < -0.3 is 20.4 Å². The Labute approximate surface area is 154 Å². The Kier molecular flexibility index (Phi) is 7.15. The van der Waals surface area contributed by atoms with E-state index in [1.54, 1.807) is 29.2 Å². The van der Waals surface area contributed by atoms with Gasteiger partial charge in [0, 0.05) is 37.9 Å². The molecule has 3 amide bonds. The summed E-state index contributed by atoms with van der Waals surface area (Å²) in [6.45, 7) is 9.60. The summed E-state index contributed by atoms with van der Waals surface area (Å²) in [7, 11) is 0. The van der Waals surface area contributed by atoms with Crippen molar-refractivity contribution in [3.05, 3.63) is 29.8 Å². The summed E-state index contributed by atoms with van der Waals surface area (Å²) in [6, 6.07) is 7.07. The molecule has 26 heavy (non-hydrogen) atoms. The molecule has 1 saturated heterocycles. The first-order valence-electron chi connectivity index (χ1n) is 9.10. The molecule has 7 heteroatoms. The number of nitrogens with zero attached hydrogens (tertiary/aromatic N) is 2. The zero-order valence-corrected chi connectivity index (χ0v) is 15.7. The van der Waals surface area contributed by atoms with Crippen LogP contribution in [0.15, 0.2) is 24.3 Å². The van der Waals surface area contributed by atoms with Gasteiger partial charge in [0.2, 0.25) is 5.91 Å². The second-order valence-corrected chi connectivity index (χ2v) is 6.78. The van der Waals surface area contributed by atoms with E-state index in [1.807, 2.05) is 13.8 Å². The van der Waals surface area contributed by atoms with Crippen molar-refractivity contribution < 1.29 is 14.4 Å². The largest absolute Gasteiger partial charge is 0.354 e. The molecule has 2 rings (SSSR count). The molecule has 0 saturated carbocycles. The fraction of sp³-hybridized carbons (Fsp3) is 0.526. The SMILES string of the molecule is CCN1CCN(C(=O)C(=O)Nc2ccc(CC(=O)NC(C)C)cc2)CC1. The molecule has 1 aromatic carbocycles. The van der Waals surface area contributed by atoms with Gasteiger partial charge in [-0.15, -0.1) is 0 Å². The van der Waals surface area contributed by atoms with Crippen LogP contribution in [0.2, 0.25) is 0 Å². The molecular formula is C19H28N4O3. The van der Waals surface area contributed by atoms with Crippen LogP contribution in [-0.2, 0) is 20.8 Å². The highest BCUT2D eigenvalue weighted by atomic mass is 16.2. The molecule has 142 valence electrons. The van der Waals surface area contributed by atoms with Crippen LogP contribution in [-0.4, -0.2) is 66.3 Å². The van der Waals surface area contributed by atoms with E-state index in [0.29, 0.717) is 18.8 Å². The molecule has 1 aliphatic rings. The summed E-state index contributed by atoms with van der Waals surface area (Å²) >= 11 is 0. The van der Waals surface area contributed by atoms with E-state index in [9.17, 15) is 14.4 Å². The van der Waals surface area contributed by atoms with Crippen molar-refractivity contribution in [2.75, 3.05) is 38.0 Å². The molecule has 0 unspecified atom stereocenters. The molecule has 0 bridgehead atoms. The van der Waals surface area contributed by atoms with Gasteiger partial charge in [-0.2, -0.15) is 0 Å². The van der Waals surface area contributed by atoms with Crippen molar-refractivity contribution in [1.82, 2.24) is 15.1 Å². The van der Waals surface area contributed by atoms with E-state index in [0.717, 1.165) is 25.2 Å². The van der Waals surface area contributed by atoms with Crippen molar-refractivity contribution in [1.29, 1.82) is 0 Å². The Morgan fingerprint density at radius 2 is 1.65 bits per heavy atom. The number of hydrogen-bond donors (Lipinski definition) is 2. The first-order chi connectivity index (χ1) is 12.4. The predicted octanol–water partition coefficient (Wildman–Crippen LogP) is 0.856. The monoisotopic (exact) mass is 360 g/mol. The molecule has 0 aromatic heterocycles. The molecule has 1 heterocycles. The first kappa shape index (κ1) is 19.9. The minimum absolute atomic E-state index is 0.0433. The Bertz CT molecular complexity index is 635. The van der Waals surface area contributed by atoms with Gasteiger partial charge in [0.05, 0.1) is 6.42 Å². The summed E-state index contributed by atoms with van der Waals surface area (Å²) in [6.07, 6.45) is 0.285. The highest BCUT2D eigenvalue weighted by Gasteiger charge is 2.25. The number of rotatable bonds is 5. The van der Waals surface area contributed by atoms with Gasteiger partial charge in [0.25, 0.3) is 0 Å². The minimum atomic E-state index is -0.625. The number of likely N-dealkylation sites (N-methyl/N-ethyl adjacent to an activating group) is 1. The maximum absolute atomic E-state index is 12.3. The highest BCUT2D eigenvalue weighted by Crippen LogP contribution is 2.11. The maximum Gasteiger partial charge on any atom is 0.313 e. The summed E-state index contributed by atoms with van der Waals surface area (Å²) in [5.41, 5.74) is 1.40. The van der Waals surface area contributed by atoms with Crippen LogP contribution in [0.25, 0.3) is 0 Å². The van der Waals surface area contributed by atoms with Gasteiger partial charge in [-0.3, -0.25) is 14.4 Å². The molecule has 1 aromatic rings. The van der Waals surface area contributed by atoms with E-state index in [-0.39, 0.29) is 18.4 Å². The fourth-order valence-corrected chi connectivity index (χ4v) is 2.86. The van der Waals surface area contributed by atoms with Gasteiger partial charge in [-0.05, 0) is 38.1 Å². The van der Waals surface area contributed by atoms with Crippen LogP contribution in [0.3, 0.4) is 0 Å². The first-order valence-corrected chi connectivity index (χ1v) is 9.10. The predicted molar refractivity (Wildman–Crippen MR) is 101 cm³/mol. The van der Waals surface area contributed by atoms with Gasteiger partial charge in [-0.1, -0.05) is 19.1 Å². The van der Waals surface area contributed by atoms with E-state index in [4.69, 9.17) is 0 Å². The minimum Gasteiger partial charge on any atom is -0.354 e. The van der Waals surface area contributed by atoms with Crippen LogP contribution in [0.4, 0.5) is 5.69 Å². The Morgan fingerprint density at radius 3 is 2.19 bits per heavy atom. The smallest absolute Gasteiger partial charge is 0.313 e. The summed E-state index contributed by atoms with van der Waals surface area (Å²) in [4.78, 5) is 40.0. The molecule has 0 radical (unpaired) electrons. The zero-order chi connectivity index (χ0) is 19.1. The van der Waals surface area contributed by atoms with Crippen molar-refractivity contribution in [2.24, 2.45) is 0 Å². The van der Waals surface area contributed by atoms with Crippen LogP contribution in [0.1, 0.15) is 26.3 Å². The molecule has 0 spiro atoms. The van der Waals surface area contributed by atoms with Crippen LogP contribution in [0, 0.1) is 0 Å². The Hall–Kier alpha value is -2.41. The van der Waals surface area contributed by atoms with Crippen molar-refractivity contribution in [3.63, 3.8) is 0 Å². The topological polar surface area (TPSA) is 81.8 Å². The third kappa shape index (κ3) is 5.84. The lowest BCUT2D eigenvalue weighted by atomic mass is 10.1. The second kappa shape index (κ2) is 9.33. The summed E-state index contributed by atoms with van der Waals surface area (Å²) in [5, 5.41) is 5.47. The molecular weight excluding hydrogens is 332 g/mol. The van der Waals surface area contributed by atoms with Crippen LogP contribution < -0.4 is 10.6 Å². The van der Waals surface area contributed by atoms with Crippen LogP contribution >= 0.6 is 0 Å². The summed E-state index contributed by atoms with van der Waals surface area (Å²) in [5.74, 6) is -1.17.